The van der Waals surface area contributed by atoms with Gasteiger partial charge in [0.25, 0.3) is 5.91 Å². The van der Waals surface area contributed by atoms with Gasteiger partial charge in [0.1, 0.15) is 5.75 Å². The van der Waals surface area contributed by atoms with Gasteiger partial charge in [-0.15, -0.1) is 0 Å². The third-order valence-electron chi connectivity index (χ3n) is 4.18. The molecule has 0 aliphatic heterocycles. The molecule has 164 valence electrons. The molecule has 1 fully saturated rings. The van der Waals surface area contributed by atoms with E-state index in [0.717, 1.165) is 29.6 Å². The van der Waals surface area contributed by atoms with Gasteiger partial charge in [0.15, 0.2) is 0 Å². The third kappa shape index (κ3) is 2.59. The summed E-state index contributed by atoms with van der Waals surface area (Å²) in [6.07, 6.45) is 0. The Morgan fingerprint density at radius 3 is 1.52 bits per heavy atom. The largest absolute Gasteiger partial charge is 0.494 e. The van der Waals surface area contributed by atoms with E-state index in [1.54, 1.807) is 6.92 Å². The molecule has 1 aromatic carbocycles. The molecule has 2 rings (SSSR count). The maximum atomic E-state index is 14.5. The number of hydrogen-bond acceptors (Lipinski definition) is 2. The molecule has 1 aromatic rings. The zero-order valence-corrected chi connectivity index (χ0v) is 14.0. The first-order valence-electron chi connectivity index (χ1n) is 7.55. The van der Waals surface area contributed by atoms with E-state index < -0.39 is 46.9 Å². The molecule has 1 saturated carbocycles. The quantitative estimate of drug-likeness (QED) is 0.669. The van der Waals surface area contributed by atoms with Crippen LogP contribution in [0.15, 0.2) is 24.3 Å². The highest BCUT2D eigenvalue weighted by molar-refractivity contribution is 5.99. The molecule has 0 saturated heterocycles. The van der Waals surface area contributed by atoms with Crippen LogP contribution in [0.4, 0.5) is 54.0 Å². The lowest BCUT2D eigenvalue weighted by Crippen LogP contribution is -2.86. The summed E-state index contributed by atoms with van der Waals surface area (Å²) in [4.78, 5) is 11.7. The van der Waals surface area contributed by atoms with E-state index in [4.69, 9.17) is 4.74 Å². The lowest BCUT2D eigenvalue weighted by molar-refractivity contribution is -0.475. The Hall–Kier alpha value is -2.28. The zero-order chi connectivity index (χ0) is 22.7. The molecule has 0 bridgehead atoms. The summed E-state index contributed by atoms with van der Waals surface area (Å²) in [6, 6.07) is 3.49. The van der Waals surface area contributed by atoms with Crippen LogP contribution in [-0.2, 0) is 4.79 Å². The minimum Gasteiger partial charge on any atom is -0.494 e. The average molecular weight is 445 g/mol. The predicted octanol–water partition coefficient (Wildman–Crippen LogP) is 4.92. The molecule has 0 radical (unpaired) electrons. The van der Waals surface area contributed by atoms with Crippen LogP contribution in [-0.4, -0.2) is 47.8 Å². The van der Waals surface area contributed by atoms with Gasteiger partial charge in [0.2, 0.25) is 0 Å². The molecular weight excluding hydrogens is 435 g/mol. The highest BCUT2D eigenvalue weighted by Gasteiger charge is 3.02. The van der Waals surface area contributed by atoms with Gasteiger partial charge in [-0.25, -0.2) is 4.39 Å². The number of carbonyl (C=O) groups is 1. The Kier molecular flexibility index (Phi) is 5.04. The fourth-order valence-corrected chi connectivity index (χ4v) is 2.52. The number of halogens is 11. The second kappa shape index (κ2) is 6.36. The van der Waals surface area contributed by atoms with Gasteiger partial charge in [-0.2, -0.15) is 43.9 Å². The fourth-order valence-electron chi connectivity index (χ4n) is 2.52. The molecule has 0 unspecified atom stereocenters. The van der Waals surface area contributed by atoms with Crippen LogP contribution < -0.4 is 10.1 Å². The maximum Gasteiger partial charge on any atom is 0.384 e. The number of amides is 1. The van der Waals surface area contributed by atoms with E-state index in [9.17, 15) is 53.1 Å². The molecule has 3 nitrogen and oxygen atoms in total. The molecular formula is C15H10F11NO2. The predicted molar refractivity (Wildman–Crippen MR) is 74.8 cm³/mol. The van der Waals surface area contributed by atoms with Crippen molar-refractivity contribution >= 4 is 11.6 Å². The first kappa shape index (κ1) is 23.0. The first-order valence-corrected chi connectivity index (χ1v) is 7.55. The van der Waals surface area contributed by atoms with E-state index in [0.29, 0.717) is 0 Å². The summed E-state index contributed by atoms with van der Waals surface area (Å²) < 4.78 is 154. The van der Waals surface area contributed by atoms with E-state index in [1.807, 2.05) is 0 Å². The summed E-state index contributed by atoms with van der Waals surface area (Å²) in [7, 11) is 0. The van der Waals surface area contributed by atoms with Gasteiger partial charge >= 0.3 is 35.3 Å². The lowest BCUT2D eigenvalue weighted by Gasteiger charge is -2.51. The molecule has 1 aliphatic carbocycles. The summed E-state index contributed by atoms with van der Waals surface area (Å²) >= 11 is 0. The van der Waals surface area contributed by atoms with Gasteiger partial charge in [-0.3, -0.25) is 4.79 Å². The number of ether oxygens (including phenoxy) is 1. The standard InChI is InChI=1S/C15H10F11NO2/c1-2-29-8-5-3-7(4-6-8)27-9(28)10(16)11(17,18)13(21,22)15(25,26)14(23,24)12(10,19)20/h3-6H,2H2,1H3,(H,27,28). The summed E-state index contributed by atoms with van der Waals surface area (Å²) in [6.45, 7) is 1.68. The third-order valence-corrected chi connectivity index (χ3v) is 4.18. The van der Waals surface area contributed by atoms with Gasteiger partial charge in [-0.05, 0) is 31.2 Å². The number of hydrogen-bond donors (Lipinski definition) is 1. The number of carbonyl (C=O) groups excluding carboxylic acids is 1. The summed E-state index contributed by atoms with van der Waals surface area (Å²) in [5.41, 5.74) is -7.50. The van der Waals surface area contributed by atoms with Crippen LogP contribution in [0.2, 0.25) is 0 Å². The minimum absolute atomic E-state index is 0.0893. The molecule has 0 spiro atoms. The average Bonchev–Trinajstić information content (AvgIpc) is 2.61. The first-order chi connectivity index (χ1) is 12.9. The van der Waals surface area contributed by atoms with Crippen LogP contribution in [0.3, 0.4) is 0 Å². The molecule has 1 N–H and O–H groups in total. The molecule has 0 atom stereocenters. The van der Waals surface area contributed by atoms with E-state index in [2.05, 4.69) is 0 Å². The molecule has 0 aromatic heterocycles. The Bertz CT molecular complexity index is 762. The van der Waals surface area contributed by atoms with Crippen molar-refractivity contribution in [3.05, 3.63) is 24.3 Å². The Labute approximate surface area is 154 Å². The lowest BCUT2D eigenvalue weighted by atomic mass is 9.71. The topological polar surface area (TPSA) is 38.3 Å². The van der Waals surface area contributed by atoms with Crippen molar-refractivity contribution in [2.24, 2.45) is 0 Å². The molecule has 1 aliphatic rings. The van der Waals surface area contributed by atoms with Crippen LogP contribution in [0, 0.1) is 0 Å². The summed E-state index contributed by atoms with van der Waals surface area (Å²) in [5, 5.41) is 0.995. The van der Waals surface area contributed by atoms with Gasteiger partial charge < -0.3 is 10.1 Å². The van der Waals surface area contributed by atoms with Gasteiger partial charge in [0, 0.05) is 5.69 Å². The summed E-state index contributed by atoms with van der Waals surface area (Å²) in [5.74, 6) is -39.8. The highest BCUT2D eigenvalue weighted by atomic mass is 19.4. The second-order valence-electron chi connectivity index (χ2n) is 5.94. The molecule has 0 heterocycles. The van der Waals surface area contributed by atoms with Gasteiger partial charge in [0.05, 0.1) is 6.61 Å². The number of rotatable bonds is 4. The van der Waals surface area contributed by atoms with E-state index in [-0.39, 0.29) is 12.4 Å². The number of alkyl halides is 11. The van der Waals surface area contributed by atoms with Crippen molar-refractivity contribution in [1.29, 1.82) is 0 Å². The highest BCUT2D eigenvalue weighted by Crippen LogP contribution is 2.69. The Morgan fingerprint density at radius 1 is 0.759 bits per heavy atom. The van der Waals surface area contributed by atoms with E-state index >= 15 is 0 Å². The second-order valence-corrected chi connectivity index (χ2v) is 5.94. The van der Waals surface area contributed by atoms with Crippen LogP contribution in [0.25, 0.3) is 0 Å². The van der Waals surface area contributed by atoms with Crippen LogP contribution in [0.1, 0.15) is 6.92 Å². The Balaban J connectivity index is 2.56. The van der Waals surface area contributed by atoms with E-state index in [1.165, 1.54) is 0 Å². The Morgan fingerprint density at radius 2 is 1.14 bits per heavy atom. The van der Waals surface area contributed by atoms with Crippen molar-refractivity contribution in [3.8, 4) is 5.75 Å². The van der Waals surface area contributed by atoms with Crippen molar-refractivity contribution in [3.63, 3.8) is 0 Å². The van der Waals surface area contributed by atoms with Gasteiger partial charge in [-0.1, -0.05) is 0 Å². The molecule has 1 amide bonds. The fraction of sp³-hybridized carbons (Fsp3) is 0.533. The van der Waals surface area contributed by atoms with Crippen LogP contribution in [0.5, 0.6) is 5.75 Å². The zero-order valence-electron chi connectivity index (χ0n) is 14.0. The van der Waals surface area contributed by atoms with Crippen molar-refractivity contribution < 1.29 is 57.8 Å². The molecule has 14 heteroatoms. The SMILES string of the molecule is CCOc1ccc(NC(=O)C2(F)C(F)(F)C(F)(F)C(F)(F)C(F)(F)C2(F)F)cc1. The van der Waals surface area contributed by atoms with Crippen molar-refractivity contribution in [2.75, 3.05) is 11.9 Å². The minimum atomic E-state index is -7.37. The number of benzene rings is 1. The van der Waals surface area contributed by atoms with Crippen LogP contribution >= 0.6 is 0 Å². The smallest absolute Gasteiger partial charge is 0.384 e. The van der Waals surface area contributed by atoms with Crippen molar-refractivity contribution in [1.82, 2.24) is 0 Å². The monoisotopic (exact) mass is 445 g/mol. The normalized spacial score (nSPS) is 25.1. The number of nitrogens with one attached hydrogen (secondary N) is 1. The maximum absolute atomic E-state index is 14.5. The number of anilines is 1. The molecule has 29 heavy (non-hydrogen) atoms. The van der Waals surface area contributed by atoms with Crippen molar-refractivity contribution in [2.45, 2.75) is 42.2 Å².